The summed E-state index contributed by atoms with van der Waals surface area (Å²) in [5.74, 6) is 0.723. The molecule has 1 aliphatic rings. The minimum absolute atomic E-state index is 0.0692. The van der Waals surface area contributed by atoms with E-state index in [0.717, 1.165) is 0 Å². The molecule has 1 fully saturated rings. The van der Waals surface area contributed by atoms with Crippen molar-refractivity contribution in [2.45, 2.75) is 25.3 Å². The van der Waals surface area contributed by atoms with Crippen LogP contribution in [0.5, 0.6) is 0 Å². The molecular formula is C10H18N2O. The van der Waals surface area contributed by atoms with Gasteiger partial charge in [0.15, 0.2) is 0 Å². The highest BCUT2D eigenvalue weighted by Crippen LogP contribution is 2.32. The molecule has 1 unspecified atom stereocenters. The second-order valence-electron chi connectivity index (χ2n) is 3.77. The maximum Gasteiger partial charge on any atom is 0.224 e. The first kappa shape index (κ1) is 10.3. The zero-order valence-corrected chi connectivity index (χ0v) is 8.20. The van der Waals surface area contributed by atoms with Crippen LogP contribution in [0.15, 0.2) is 12.7 Å². The standard InChI is InChI=1S/C10H18N2O/c1-3-6-12(2)10(13)7-9(11)8-4-5-8/h3,8-9H,1,4-7,11H2,2H3. The van der Waals surface area contributed by atoms with Gasteiger partial charge in [-0.15, -0.1) is 6.58 Å². The molecule has 0 bridgehead atoms. The molecule has 0 aliphatic heterocycles. The summed E-state index contributed by atoms with van der Waals surface area (Å²) in [4.78, 5) is 13.1. The molecule has 0 aromatic carbocycles. The normalized spacial score (nSPS) is 18.0. The molecule has 1 aliphatic carbocycles. The van der Waals surface area contributed by atoms with Crippen LogP contribution in [0.4, 0.5) is 0 Å². The van der Waals surface area contributed by atoms with Crippen molar-refractivity contribution in [3.63, 3.8) is 0 Å². The molecule has 1 amide bonds. The third-order valence-corrected chi connectivity index (χ3v) is 2.47. The molecule has 3 nitrogen and oxygen atoms in total. The van der Waals surface area contributed by atoms with Crippen LogP contribution in [0.25, 0.3) is 0 Å². The molecule has 13 heavy (non-hydrogen) atoms. The molecule has 1 saturated carbocycles. The first-order valence-corrected chi connectivity index (χ1v) is 4.75. The van der Waals surface area contributed by atoms with Gasteiger partial charge in [-0.3, -0.25) is 4.79 Å². The second-order valence-corrected chi connectivity index (χ2v) is 3.77. The Morgan fingerprint density at radius 2 is 2.38 bits per heavy atom. The molecule has 0 aromatic heterocycles. The zero-order valence-electron chi connectivity index (χ0n) is 8.20. The van der Waals surface area contributed by atoms with E-state index in [1.54, 1.807) is 18.0 Å². The van der Waals surface area contributed by atoms with Crippen LogP contribution >= 0.6 is 0 Å². The van der Waals surface area contributed by atoms with Crippen molar-refractivity contribution >= 4 is 5.91 Å². The number of likely N-dealkylation sites (N-methyl/N-ethyl adjacent to an activating group) is 1. The van der Waals surface area contributed by atoms with Crippen molar-refractivity contribution in [1.82, 2.24) is 4.90 Å². The van der Waals surface area contributed by atoms with E-state index < -0.39 is 0 Å². The lowest BCUT2D eigenvalue weighted by atomic mass is 10.1. The van der Waals surface area contributed by atoms with Gasteiger partial charge in [0.1, 0.15) is 0 Å². The number of hydrogen-bond acceptors (Lipinski definition) is 2. The van der Waals surface area contributed by atoms with Gasteiger partial charge in [0, 0.05) is 26.1 Å². The van der Waals surface area contributed by atoms with E-state index >= 15 is 0 Å². The topological polar surface area (TPSA) is 46.3 Å². The molecule has 0 radical (unpaired) electrons. The summed E-state index contributed by atoms with van der Waals surface area (Å²) >= 11 is 0. The molecule has 74 valence electrons. The number of hydrogen-bond donors (Lipinski definition) is 1. The Morgan fingerprint density at radius 3 is 2.85 bits per heavy atom. The van der Waals surface area contributed by atoms with E-state index in [9.17, 15) is 4.79 Å². The quantitative estimate of drug-likeness (QED) is 0.638. The van der Waals surface area contributed by atoms with E-state index in [1.807, 2.05) is 0 Å². The van der Waals surface area contributed by atoms with Crippen LogP contribution in [0.2, 0.25) is 0 Å². The summed E-state index contributed by atoms with van der Waals surface area (Å²) in [5, 5.41) is 0. The van der Waals surface area contributed by atoms with Gasteiger partial charge in [0.2, 0.25) is 5.91 Å². The van der Waals surface area contributed by atoms with Gasteiger partial charge in [0.05, 0.1) is 0 Å². The van der Waals surface area contributed by atoms with Gasteiger partial charge >= 0.3 is 0 Å². The number of carbonyl (C=O) groups excluding carboxylic acids is 1. The molecule has 0 saturated heterocycles. The Hall–Kier alpha value is -0.830. The maximum atomic E-state index is 11.5. The lowest BCUT2D eigenvalue weighted by molar-refractivity contribution is -0.129. The predicted octanol–water partition coefficient (Wildman–Crippen LogP) is 0.758. The van der Waals surface area contributed by atoms with Gasteiger partial charge in [0.25, 0.3) is 0 Å². The van der Waals surface area contributed by atoms with Crippen LogP contribution in [0, 0.1) is 5.92 Å². The number of amides is 1. The third kappa shape index (κ3) is 3.19. The fraction of sp³-hybridized carbons (Fsp3) is 0.700. The largest absolute Gasteiger partial charge is 0.342 e. The highest BCUT2D eigenvalue weighted by Gasteiger charge is 2.30. The van der Waals surface area contributed by atoms with Gasteiger partial charge < -0.3 is 10.6 Å². The van der Waals surface area contributed by atoms with Crippen LogP contribution in [0.3, 0.4) is 0 Å². The first-order valence-electron chi connectivity index (χ1n) is 4.75. The van der Waals surface area contributed by atoms with Gasteiger partial charge in [-0.2, -0.15) is 0 Å². The summed E-state index contributed by atoms with van der Waals surface area (Å²) in [5.41, 5.74) is 5.84. The van der Waals surface area contributed by atoms with Gasteiger partial charge in [-0.25, -0.2) is 0 Å². The molecule has 1 atom stereocenters. The molecule has 1 rings (SSSR count). The number of carbonyl (C=O) groups is 1. The number of nitrogens with two attached hydrogens (primary N) is 1. The highest BCUT2D eigenvalue weighted by molar-refractivity contribution is 5.76. The Bertz CT molecular complexity index is 199. The van der Waals surface area contributed by atoms with Crippen LogP contribution in [0.1, 0.15) is 19.3 Å². The van der Waals surface area contributed by atoms with Crippen LogP contribution < -0.4 is 5.73 Å². The van der Waals surface area contributed by atoms with Crippen molar-refractivity contribution < 1.29 is 4.79 Å². The Kier molecular flexibility index (Phi) is 3.48. The minimum atomic E-state index is 0.0692. The van der Waals surface area contributed by atoms with Crippen molar-refractivity contribution in [2.24, 2.45) is 11.7 Å². The lowest BCUT2D eigenvalue weighted by Gasteiger charge is -2.17. The zero-order chi connectivity index (χ0) is 9.84. The summed E-state index contributed by atoms with van der Waals surface area (Å²) in [7, 11) is 1.78. The van der Waals surface area contributed by atoms with E-state index in [4.69, 9.17) is 5.73 Å². The van der Waals surface area contributed by atoms with E-state index in [2.05, 4.69) is 6.58 Å². The maximum absolute atomic E-state index is 11.5. The molecular weight excluding hydrogens is 164 g/mol. The number of rotatable bonds is 5. The van der Waals surface area contributed by atoms with Crippen molar-refractivity contribution in [1.29, 1.82) is 0 Å². The SMILES string of the molecule is C=CCN(C)C(=O)CC(N)C1CC1. The summed E-state index contributed by atoms with van der Waals surface area (Å²) in [6.45, 7) is 4.19. The molecule has 2 N–H and O–H groups in total. The molecule has 0 aromatic rings. The van der Waals surface area contributed by atoms with Crippen LogP contribution in [-0.2, 0) is 4.79 Å². The van der Waals surface area contributed by atoms with E-state index in [-0.39, 0.29) is 11.9 Å². The van der Waals surface area contributed by atoms with Crippen molar-refractivity contribution in [2.75, 3.05) is 13.6 Å². The lowest BCUT2D eigenvalue weighted by Crippen LogP contribution is -2.34. The second kappa shape index (κ2) is 4.42. The smallest absolute Gasteiger partial charge is 0.224 e. The molecule has 0 heterocycles. The summed E-state index contributed by atoms with van der Waals surface area (Å²) in [6, 6.07) is 0.0692. The predicted molar refractivity (Wildman–Crippen MR) is 53.2 cm³/mol. The number of nitrogens with zero attached hydrogens (tertiary/aromatic N) is 1. The average molecular weight is 182 g/mol. The monoisotopic (exact) mass is 182 g/mol. The van der Waals surface area contributed by atoms with Crippen LogP contribution in [-0.4, -0.2) is 30.4 Å². The van der Waals surface area contributed by atoms with Gasteiger partial charge in [-0.05, 0) is 18.8 Å². The van der Waals surface area contributed by atoms with Gasteiger partial charge in [-0.1, -0.05) is 6.08 Å². The third-order valence-electron chi connectivity index (χ3n) is 2.47. The minimum Gasteiger partial charge on any atom is -0.342 e. The molecule has 0 spiro atoms. The summed E-state index contributed by atoms with van der Waals surface area (Å²) in [6.07, 6.45) is 4.59. The van der Waals surface area contributed by atoms with E-state index in [0.29, 0.717) is 18.9 Å². The Morgan fingerprint density at radius 1 is 1.77 bits per heavy atom. The van der Waals surface area contributed by atoms with Crippen molar-refractivity contribution in [3.8, 4) is 0 Å². The first-order chi connectivity index (χ1) is 6.15. The highest BCUT2D eigenvalue weighted by atomic mass is 16.2. The van der Waals surface area contributed by atoms with Crippen molar-refractivity contribution in [3.05, 3.63) is 12.7 Å². The van der Waals surface area contributed by atoms with E-state index in [1.165, 1.54) is 12.8 Å². The Labute approximate surface area is 79.6 Å². The fourth-order valence-corrected chi connectivity index (χ4v) is 1.34. The molecule has 3 heteroatoms. The average Bonchev–Trinajstić information content (AvgIpc) is 2.86. The Balaban J connectivity index is 2.25. The summed E-state index contributed by atoms with van der Waals surface area (Å²) < 4.78 is 0. The fourth-order valence-electron chi connectivity index (χ4n) is 1.34.